The highest BCUT2D eigenvalue weighted by molar-refractivity contribution is 7.80. The number of rotatable bonds is 5. The normalized spacial score (nSPS) is 9.87. The third kappa shape index (κ3) is 2.96. The van der Waals surface area contributed by atoms with E-state index in [-0.39, 0.29) is 0 Å². The molecule has 0 saturated carbocycles. The Morgan fingerprint density at radius 3 is 2.53 bits per heavy atom. The van der Waals surface area contributed by atoms with E-state index in [4.69, 9.17) is 9.47 Å². The SMILES string of the molecule is COc1cc(C)c(NCCS)c(OC)c1. The summed E-state index contributed by atoms with van der Waals surface area (Å²) in [7, 11) is 3.30. The molecule has 1 N–H and O–H groups in total. The molecule has 3 nitrogen and oxygen atoms in total. The van der Waals surface area contributed by atoms with Crippen LogP contribution in [0.1, 0.15) is 5.56 Å². The Bertz CT molecular complexity index is 329. The largest absolute Gasteiger partial charge is 0.497 e. The van der Waals surface area contributed by atoms with Crippen molar-refractivity contribution in [3.05, 3.63) is 17.7 Å². The van der Waals surface area contributed by atoms with Gasteiger partial charge in [-0.1, -0.05) is 0 Å². The highest BCUT2D eigenvalue weighted by Crippen LogP contribution is 2.32. The Labute approximate surface area is 96.2 Å². The number of nitrogens with one attached hydrogen (secondary N) is 1. The van der Waals surface area contributed by atoms with Crippen LogP contribution in [0, 0.1) is 6.92 Å². The van der Waals surface area contributed by atoms with Crippen LogP contribution >= 0.6 is 12.6 Å². The van der Waals surface area contributed by atoms with Gasteiger partial charge in [0.2, 0.25) is 0 Å². The first kappa shape index (κ1) is 12.0. The molecule has 0 spiro atoms. The number of hydrogen-bond acceptors (Lipinski definition) is 4. The van der Waals surface area contributed by atoms with Crippen molar-refractivity contribution >= 4 is 18.3 Å². The number of aryl methyl sites for hydroxylation is 1. The van der Waals surface area contributed by atoms with E-state index in [1.54, 1.807) is 14.2 Å². The maximum atomic E-state index is 5.30. The van der Waals surface area contributed by atoms with Gasteiger partial charge in [0.05, 0.1) is 19.9 Å². The highest BCUT2D eigenvalue weighted by atomic mass is 32.1. The number of benzene rings is 1. The van der Waals surface area contributed by atoms with E-state index < -0.39 is 0 Å². The maximum absolute atomic E-state index is 5.30. The Morgan fingerprint density at radius 2 is 2.00 bits per heavy atom. The number of thiol groups is 1. The van der Waals surface area contributed by atoms with Gasteiger partial charge < -0.3 is 14.8 Å². The predicted molar refractivity (Wildman–Crippen MR) is 66.6 cm³/mol. The van der Waals surface area contributed by atoms with Crippen LogP contribution in [-0.4, -0.2) is 26.5 Å². The third-order valence-electron chi connectivity index (χ3n) is 2.14. The topological polar surface area (TPSA) is 30.5 Å². The molecule has 1 rings (SSSR count). The second-order valence-electron chi connectivity index (χ2n) is 3.17. The molecule has 1 aromatic carbocycles. The first-order chi connectivity index (χ1) is 7.22. The van der Waals surface area contributed by atoms with Crippen molar-refractivity contribution in [1.82, 2.24) is 0 Å². The minimum Gasteiger partial charge on any atom is -0.497 e. The van der Waals surface area contributed by atoms with Crippen LogP contribution < -0.4 is 14.8 Å². The lowest BCUT2D eigenvalue weighted by Crippen LogP contribution is -2.06. The fraction of sp³-hybridized carbons (Fsp3) is 0.455. The van der Waals surface area contributed by atoms with Crippen LogP contribution in [-0.2, 0) is 0 Å². The Morgan fingerprint density at radius 1 is 1.27 bits per heavy atom. The summed E-state index contributed by atoms with van der Waals surface area (Å²) in [5.74, 6) is 2.39. The smallest absolute Gasteiger partial charge is 0.145 e. The van der Waals surface area contributed by atoms with Crippen LogP contribution in [0.5, 0.6) is 11.5 Å². The molecule has 0 amide bonds. The van der Waals surface area contributed by atoms with E-state index in [1.807, 2.05) is 19.1 Å². The quantitative estimate of drug-likeness (QED) is 0.757. The average molecular weight is 227 g/mol. The van der Waals surface area contributed by atoms with Crippen molar-refractivity contribution in [2.24, 2.45) is 0 Å². The first-order valence-corrected chi connectivity index (χ1v) is 5.43. The molecular weight excluding hydrogens is 210 g/mol. The lowest BCUT2D eigenvalue weighted by Gasteiger charge is -2.14. The van der Waals surface area contributed by atoms with Gasteiger partial charge in [0.25, 0.3) is 0 Å². The maximum Gasteiger partial charge on any atom is 0.145 e. The molecule has 0 unspecified atom stereocenters. The number of anilines is 1. The minimum atomic E-state index is 0.786. The summed E-state index contributed by atoms with van der Waals surface area (Å²) in [6.07, 6.45) is 0. The summed E-state index contributed by atoms with van der Waals surface area (Å²) in [4.78, 5) is 0. The Balaban J connectivity index is 3.01. The van der Waals surface area contributed by atoms with Gasteiger partial charge >= 0.3 is 0 Å². The van der Waals surface area contributed by atoms with E-state index in [2.05, 4.69) is 17.9 Å². The first-order valence-electron chi connectivity index (χ1n) is 4.80. The molecule has 0 aliphatic rings. The molecule has 1 aromatic rings. The molecule has 4 heteroatoms. The number of methoxy groups -OCH3 is 2. The van der Waals surface area contributed by atoms with Gasteiger partial charge in [-0.05, 0) is 18.6 Å². The van der Waals surface area contributed by atoms with Gasteiger partial charge in [0.15, 0.2) is 0 Å². The zero-order valence-corrected chi connectivity index (χ0v) is 10.2. The summed E-state index contributed by atoms with van der Waals surface area (Å²) in [6.45, 7) is 2.83. The lowest BCUT2D eigenvalue weighted by molar-refractivity contribution is 0.395. The lowest BCUT2D eigenvalue weighted by atomic mass is 10.1. The molecule has 0 bridgehead atoms. The fourth-order valence-corrected chi connectivity index (χ4v) is 1.52. The van der Waals surface area contributed by atoms with Crippen LogP contribution in [0.4, 0.5) is 5.69 Å². The van der Waals surface area contributed by atoms with Crippen LogP contribution in [0.15, 0.2) is 12.1 Å². The number of ether oxygens (including phenoxy) is 2. The van der Waals surface area contributed by atoms with Crippen molar-refractivity contribution in [2.75, 3.05) is 31.8 Å². The molecule has 0 aromatic heterocycles. The summed E-state index contributed by atoms with van der Waals surface area (Å²) >= 11 is 4.16. The van der Waals surface area contributed by atoms with Crippen molar-refractivity contribution in [1.29, 1.82) is 0 Å². The summed E-state index contributed by atoms with van der Waals surface area (Å²) in [5, 5.41) is 3.28. The highest BCUT2D eigenvalue weighted by Gasteiger charge is 2.08. The van der Waals surface area contributed by atoms with Gasteiger partial charge in [-0.15, -0.1) is 0 Å². The summed E-state index contributed by atoms with van der Waals surface area (Å²) in [6, 6.07) is 3.84. The fourth-order valence-electron chi connectivity index (χ4n) is 1.41. The van der Waals surface area contributed by atoms with Crippen molar-refractivity contribution < 1.29 is 9.47 Å². The van der Waals surface area contributed by atoms with Gasteiger partial charge in [0.1, 0.15) is 11.5 Å². The van der Waals surface area contributed by atoms with Crippen LogP contribution in [0.3, 0.4) is 0 Å². The van der Waals surface area contributed by atoms with Gasteiger partial charge in [-0.2, -0.15) is 12.6 Å². The molecule has 0 heterocycles. The van der Waals surface area contributed by atoms with Crippen LogP contribution in [0.25, 0.3) is 0 Å². The van der Waals surface area contributed by atoms with E-state index in [9.17, 15) is 0 Å². The summed E-state index contributed by atoms with van der Waals surface area (Å²) < 4.78 is 10.5. The second-order valence-corrected chi connectivity index (χ2v) is 3.62. The molecule has 84 valence electrons. The van der Waals surface area contributed by atoms with E-state index in [0.29, 0.717) is 0 Å². The minimum absolute atomic E-state index is 0.786. The molecule has 0 saturated heterocycles. The van der Waals surface area contributed by atoms with Crippen molar-refractivity contribution in [2.45, 2.75) is 6.92 Å². The second kappa shape index (κ2) is 5.75. The molecular formula is C11H17NO2S. The molecule has 0 fully saturated rings. The molecule has 0 aliphatic heterocycles. The zero-order chi connectivity index (χ0) is 11.3. The van der Waals surface area contributed by atoms with Gasteiger partial charge in [-0.25, -0.2) is 0 Å². The van der Waals surface area contributed by atoms with Crippen molar-refractivity contribution in [3.63, 3.8) is 0 Å². The predicted octanol–water partition coefficient (Wildman–Crippen LogP) is 2.35. The van der Waals surface area contributed by atoms with E-state index >= 15 is 0 Å². The molecule has 0 aliphatic carbocycles. The van der Waals surface area contributed by atoms with E-state index in [0.717, 1.165) is 35.0 Å². The van der Waals surface area contributed by atoms with Gasteiger partial charge in [-0.3, -0.25) is 0 Å². The van der Waals surface area contributed by atoms with Crippen LogP contribution in [0.2, 0.25) is 0 Å². The average Bonchev–Trinajstić information content (AvgIpc) is 2.26. The Kier molecular flexibility index (Phi) is 4.62. The molecule has 0 radical (unpaired) electrons. The summed E-state index contributed by atoms with van der Waals surface area (Å²) in [5.41, 5.74) is 2.11. The third-order valence-corrected chi connectivity index (χ3v) is 2.37. The Hall–Kier alpha value is -1.03. The zero-order valence-electron chi connectivity index (χ0n) is 9.33. The van der Waals surface area contributed by atoms with E-state index in [1.165, 1.54) is 0 Å². The number of hydrogen-bond donors (Lipinski definition) is 2. The molecule has 0 atom stereocenters. The molecule has 15 heavy (non-hydrogen) atoms. The monoisotopic (exact) mass is 227 g/mol. The van der Waals surface area contributed by atoms with Gasteiger partial charge in [0, 0.05) is 18.4 Å². The van der Waals surface area contributed by atoms with Crippen molar-refractivity contribution in [3.8, 4) is 11.5 Å². The standard InChI is InChI=1S/C11H17NO2S/c1-8-6-9(13-2)7-10(14-3)11(8)12-4-5-15/h6-7,12,15H,4-5H2,1-3H3.